The first-order valence-electron chi connectivity index (χ1n) is 6.75. The summed E-state index contributed by atoms with van der Waals surface area (Å²) in [5.74, 6) is 1.96. The lowest BCUT2D eigenvalue weighted by molar-refractivity contribution is 0.499. The highest BCUT2D eigenvalue weighted by molar-refractivity contribution is 5.50. The number of aromatic nitrogens is 1. The summed E-state index contributed by atoms with van der Waals surface area (Å²) >= 11 is 0. The summed E-state index contributed by atoms with van der Waals surface area (Å²) in [4.78, 5) is 6.86. The van der Waals surface area contributed by atoms with E-state index in [1.807, 2.05) is 31.3 Å². The van der Waals surface area contributed by atoms with E-state index in [1.54, 1.807) is 6.26 Å². The molecule has 0 aliphatic heterocycles. The Kier molecular flexibility index (Phi) is 3.25. The zero-order chi connectivity index (χ0) is 13.2. The molecule has 0 spiro atoms. The Bertz CT molecular complexity index is 532. The Hall–Kier alpha value is -1.81. The fraction of sp³-hybridized carbons (Fsp3) is 0.400. The molecule has 2 aromatic heterocycles. The van der Waals surface area contributed by atoms with Gasteiger partial charge >= 0.3 is 0 Å². The van der Waals surface area contributed by atoms with Gasteiger partial charge in [0, 0.05) is 23.8 Å². The van der Waals surface area contributed by atoms with Crippen molar-refractivity contribution in [3.63, 3.8) is 0 Å². The Morgan fingerprint density at radius 2 is 2.26 bits per heavy atom. The molecule has 1 saturated carbocycles. The van der Waals surface area contributed by atoms with Crippen molar-refractivity contribution in [2.45, 2.75) is 38.4 Å². The summed E-state index contributed by atoms with van der Waals surface area (Å²) in [6.45, 7) is 2.76. The average molecular weight is 257 g/mol. The second kappa shape index (κ2) is 5.05. The third-order valence-electron chi connectivity index (χ3n) is 3.47. The molecule has 1 aliphatic rings. The van der Waals surface area contributed by atoms with Gasteiger partial charge in [-0.1, -0.05) is 6.07 Å². The molecule has 1 aliphatic carbocycles. The van der Waals surface area contributed by atoms with Crippen LogP contribution >= 0.6 is 0 Å². The number of hydrogen-bond donors (Lipinski definition) is 1. The Labute approximate surface area is 113 Å². The quantitative estimate of drug-likeness (QED) is 0.894. The molecular weight excluding hydrogens is 238 g/mol. The summed E-state index contributed by atoms with van der Waals surface area (Å²) in [6, 6.07) is 8.49. The van der Waals surface area contributed by atoms with Crippen molar-refractivity contribution in [1.29, 1.82) is 0 Å². The fourth-order valence-corrected chi connectivity index (χ4v) is 2.34. The average Bonchev–Trinajstić information content (AvgIpc) is 3.13. The van der Waals surface area contributed by atoms with Crippen LogP contribution in [0, 0.1) is 0 Å². The lowest BCUT2D eigenvalue weighted by Gasteiger charge is -2.26. The summed E-state index contributed by atoms with van der Waals surface area (Å²) < 4.78 is 5.46. The predicted octanol–water partition coefficient (Wildman–Crippen LogP) is 2.86. The molecule has 2 aromatic rings. The Morgan fingerprint density at radius 3 is 2.89 bits per heavy atom. The van der Waals surface area contributed by atoms with Crippen LogP contribution in [-0.4, -0.2) is 11.0 Å². The highest BCUT2D eigenvalue weighted by Crippen LogP contribution is 2.35. The van der Waals surface area contributed by atoms with Gasteiger partial charge in [-0.25, -0.2) is 4.98 Å². The first kappa shape index (κ1) is 12.2. The van der Waals surface area contributed by atoms with Crippen molar-refractivity contribution >= 4 is 5.82 Å². The Morgan fingerprint density at radius 1 is 1.42 bits per heavy atom. The van der Waals surface area contributed by atoms with Crippen LogP contribution in [0.2, 0.25) is 0 Å². The van der Waals surface area contributed by atoms with Gasteiger partial charge in [-0.05, 0) is 38.0 Å². The number of nitrogens with zero attached hydrogens (tertiary/aromatic N) is 2. The van der Waals surface area contributed by atoms with Gasteiger partial charge < -0.3 is 15.1 Å². The molecule has 3 rings (SSSR count). The summed E-state index contributed by atoms with van der Waals surface area (Å²) in [5, 5.41) is 0. The zero-order valence-electron chi connectivity index (χ0n) is 11.1. The molecule has 19 heavy (non-hydrogen) atoms. The van der Waals surface area contributed by atoms with E-state index in [1.165, 1.54) is 12.8 Å². The van der Waals surface area contributed by atoms with Gasteiger partial charge in [0.15, 0.2) is 0 Å². The topological polar surface area (TPSA) is 55.3 Å². The minimum absolute atomic E-state index is 0.0125. The van der Waals surface area contributed by atoms with E-state index in [0.717, 1.165) is 23.7 Å². The standard InChI is InChI=1S/C15H19N3O/c1-11(16)14-5-2-8-17-15(14)18(12-6-7-12)10-13-4-3-9-19-13/h2-5,8-9,11-12H,6-7,10,16H2,1H3/t11-/m1/s1. The highest BCUT2D eigenvalue weighted by atomic mass is 16.3. The van der Waals surface area contributed by atoms with Gasteiger partial charge in [0.05, 0.1) is 12.8 Å². The summed E-state index contributed by atoms with van der Waals surface area (Å²) in [7, 11) is 0. The number of pyridine rings is 1. The molecule has 0 unspecified atom stereocenters. The van der Waals surface area contributed by atoms with Crippen molar-refractivity contribution in [2.75, 3.05) is 4.90 Å². The normalized spacial score (nSPS) is 16.3. The summed E-state index contributed by atoms with van der Waals surface area (Å²) in [5.41, 5.74) is 7.15. The van der Waals surface area contributed by atoms with E-state index >= 15 is 0 Å². The van der Waals surface area contributed by atoms with Crippen LogP contribution in [0.1, 0.15) is 37.1 Å². The molecule has 0 amide bonds. The zero-order valence-corrected chi connectivity index (χ0v) is 11.1. The van der Waals surface area contributed by atoms with E-state index in [-0.39, 0.29) is 6.04 Å². The van der Waals surface area contributed by atoms with Crippen LogP contribution in [0.5, 0.6) is 0 Å². The minimum Gasteiger partial charge on any atom is -0.467 e. The lowest BCUT2D eigenvalue weighted by atomic mass is 10.1. The van der Waals surface area contributed by atoms with Crippen LogP contribution in [0.3, 0.4) is 0 Å². The number of rotatable bonds is 5. The molecule has 1 fully saturated rings. The largest absolute Gasteiger partial charge is 0.467 e. The monoisotopic (exact) mass is 257 g/mol. The number of nitrogens with two attached hydrogens (primary N) is 1. The smallest absolute Gasteiger partial charge is 0.133 e. The van der Waals surface area contributed by atoms with E-state index in [9.17, 15) is 0 Å². The Balaban J connectivity index is 1.92. The molecule has 1 atom stereocenters. The van der Waals surface area contributed by atoms with Crippen LogP contribution in [0.4, 0.5) is 5.82 Å². The first-order valence-corrected chi connectivity index (χ1v) is 6.75. The van der Waals surface area contributed by atoms with Gasteiger partial charge in [0.25, 0.3) is 0 Å². The van der Waals surface area contributed by atoms with E-state index in [4.69, 9.17) is 10.2 Å². The van der Waals surface area contributed by atoms with Crippen molar-refractivity contribution in [3.05, 3.63) is 48.0 Å². The molecule has 4 nitrogen and oxygen atoms in total. The fourth-order valence-electron chi connectivity index (χ4n) is 2.34. The number of anilines is 1. The molecule has 100 valence electrons. The van der Waals surface area contributed by atoms with Crippen molar-refractivity contribution in [1.82, 2.24) is 4.98 Å². The third-order valence-corrected chi connectivity index (χ3v) is 3.47. The van der Waals surface area contributed by atoms with Crippen molar-refractivity contribution in [2.24, 2.45) is 5.73 Å². The maximum Gasteiger partial charge on any atom is 0.133 e. The maximum absolute atomic E-state index is 6.06. The molecule has 0 aromatic carbocycles. The van der Waals surface area contributed by atoms with Gasteiger partial charge in [0.1, 0.15) is 11.6 Å². The van der Waals surface area contributed by atoms with Crippen LogP contribution in [0.25, 0.3) is 0 Å². The van der Waals surface area contributed by atoms with E-state index < -0.39 is 0 Å². The van der Waals surface area contributed by atoms with Crippen LogP contribution < -0.4 is 10.6 Å². The van der Waals surface area contributed by atoms with Crippen molar-refractivity contribution < 1.29 is 4.42 Å². The molecule has 2 N–H and O–H groups in total. The molecule has 0 saturated heterocycles. The second-order valence-electron chi connectivity index (χ2n) is 5.14. The van der Waals surface area contributed by atoms with E-state index in [2.05, 4.69) is 16.0 Å². The molecule has 0 bridgehead atoms. The third kappa shape index (κ3) is 2.63. The van der Waals surface area contributed by atoms with Crippen molar-refractivity contribution in [3.8, 4) is 0 Å². The molecule has 4 heteroatoms. The van der Waals surface area contributed by atoms with Gasteiger partial charge in [-0.3, -0.25) is 0 Å². The van der Waals surface area contributed by atoms with E-state index in [0.29, 0.717) is 6.04 Å². The van der Waals surface area contributed by atoms with Gasteiger partial charge in [0.2, 0.25) is 0 Å². The maximum atomic E-state index is 6.06. The highest BCUT2D eigenvalue weighted by Gasteiger charge is 2.32. The van der Waals surface area contributed by atoms with Gasteiger partial charge in [-0.2, -0.15) is 0 Å². The number of hydrogen-bond acceptors (Lipinski definition) is 4. The minimum atomic E-state index is -0.0125. The van der Waals surface area contributed by atoms with Crippen LogP contribution in [0.15, 0.2) is 41.1 Å². The SMILES string of the molecule is C[C@@H](N)c1cccnc1N(Cc1ccco1)C1CC1. The summed E-state index contributed by atoms with van der Waals surface area (Å²) in [6.07, 6.45) is 5.98. The lowest BCUT2D eigenvalue weighted by Crippen LogP contribution is -2.28. The second-order valence-corrected chi connectivity index (χ2v) is 5.14. The number of furan rings is 1. The first-order chi connectivity index (χ1) is 9.25. The predicted molar refractivity (Wildman–Crippen MR) is 74.8 cm³/mol. The molecule has 0 radical (unpaired) electrons. The van der Waals surface area contributed by atoms with Crippen LogP contribution in [-0.2, 0) is 6.54 Å². The molecular formula is C15H19N3O. The van der Waals surface area contributed by atoms with Gasteiger partial charge in [-0.15, -0.1) is 0 Å². The molecule has 2 heterocycles.